The molecule has 96 valence electrons. The molecule has 1 heterocycles. The van der Waals surface area contributed by atoms with E-state index in [-0.39, 0.29) is 0 Å². The van der Waals surface area contributed by atoms with E-state index in [1.807, 2.05) is 14.1 Å². The fourth-order valence-electron chi connectivity index (χ4n) is 1.18. The minimum Gasteiger partial charge on any atom is -0.396 e. The largest absolute Gasteiger partial charge is 0.396 e. The SMILES string of the molecule is CN(C)CCOCCNc1nc(Cl)ccc1N. The quantitative estimate of drug-likeness (QED) is 0.570. The molecule has 5 nitrogen and oxygen atoms in total. The molecule has 0 spiro atoms. The summed E-state index contributed by atoms with van der Waals surface area (Å²) in [5.41, 5.74) is 6.32. The summed E-state index contributed by atoms with van der Waals surface area (Å²) >= 11 is 5.77. The highest BCUT2D eigenvalue weighted by molar-refractivity contribution is 6.29. The van der Waals surface area contributed by atoms with Gasteiger partial charge in [-0.15, -0.1) is 0 Å². The fourth-order valence-corrected chi connectivity index (χ4v) is 1.33. The van der Waals surface area contributed by atoms with Crippen molar-refractivity contribution >= 4 is 23.1 Å². The van der Waals surface area contributed by atoms with Crippen molar-refractivity contribution in [1.29, 1.82) is 0 Å². The molecule has 0 aromatic carbocycles. The molecular weight excluding hydrogens is 240 g/mol. The number of nitrogens with one attached hydrogen (secondary N) is 1. The summed E-state index contributed by atoms with van der Waals surface area (Å²) in [5, 5.41) is 3.51. The van der Waals surface area contributed by atoms with Gasteiger partial charge < -0.3 is 20.7 Å². The summed E-state index contributed by atoms with van der Waals surface area (Å²) in [6.07, 6.45) is 0. The van der Waals surface area contributed by atoms with E-state index in [1.165, 1.54) is 0 Å². The van der Waals surface area contributed by atoms with Gasteiger partial charge in [-0.3, -0.25) is 0 Å². The number of nitrogen functional groups attached to an aromatic ring is 1. The Labute approximate surface area is 107 Å². The minimum absolute atomic E-state index is 0.426. The first-order valence-corrected chi connectivity index (χ1v) is 5.86. The van der Waals surface area contributed by atoms with Crippen LogP contribution in [0, 0.1) is 0 Å². The number of rotatable bonds is 7. The van der Waals surface area contributed by atoms with Gasteiger partial charge in [-0.2, -0.15) is 0 Å². The average Bonchev–Trinajstić information content (AvgIpc) is 2.27. The van der Waals surface area contributed by atoms with Crippen molar-refractivity contribution in [3.63, 3.8) is 0 Å². The lowest BCUT2D eigenvalue weighted by molar-refractivity contribution is 0.126. The van der Waals surface area contributed by atoms with Crippen molar-refractivity contribution in [2.24, 2.45) is 0 Å². The minimum atomic E-state index is 0.426. The number of anilines is 2. The molecule has 0 bridgehead atoms. The molecule has 1 aromatic rings. The van der Waals surface area contributed by atoms with Crippen molar-refractivity contribution in [2.75, 3.05) is 51.4 Å². The number of hydrogen-bond donors (Lipinski definition) is 2. The van der Waals surface area contributed by atoms with Gasteiger partial charge in [0.05, 0.1) is 18.9 Å². The lowest BCUT2D eigenvalue weighted by Crippen LogP contribution is -2.20. The zero-order chi connectivity index (χ0) is 12.7. The van der Waals surface area contributed by atoms with Crippen LogP contribution < -0.4 is 11.1 Å². The number of nitrogens with two attached hydrogens (primary N) is 1. The Bertz CT molecular complexity index is 346. The van der Waals surface area contributed by atoms with Crippen LogP contribution in [0.5, 0.6) is 0 Å². The monoisotopic (exact) mass is 258 g/mol. The van der Waals surface area contributed by atoms with E-state index in [9.17, 15) is 0 Å². The van der Waals surface area contributed by atoms with Gasteiger partial charge in [-0.1, -0.05) is 11.6 Å². The topological polar surface area (TPSA) is 63.4 Å². The van der Waals surface area contributed by atoms with Crippen LogP contribution in [0.1, 0.15) is 0 Å². The number of hydrogen-bond acceptors (Lipinski definition) is 5. The third-order valence-corrected chi connectivity index (χ3v) is 2.32. The number of pyridine rings is 1. The van der Waals surface area contributed by atoms with E-state index >= 15 is 0 Å². The van der Waals surface area contributed by atoms with Crippen molar-refractivity contribution < 1.29 is 4.74 Å². The van der Waals surface area contributed by atoms with E-state index in [0.29, 0.717) is 36.4 Å². The molecule has 0 aliphatic carbocycles. The molecule has 0 saturated carbocycles. The van der Waals surface area contributed by atoms with Crippen molar-refractivity contribution in [3.8, 4) is 0 Å². The maximum atomic E-state index is 5.77. The highest BCUT2D eigenvalue weighted by Gasteiger charge is 2.00. The summed E-state index contributed by atoms with van der Waals surface area (Å²) in [6, 6.07) is 3.39. The van der Waals surface area contributed by atoms with Gasteiger partial charge >= 0.3 is 0 Å². The number of likely N-dealkylation sites (N-methyl/N-ethyl adjacent to an activating group) is 1. The van der Waals surface area contributed by atoms with Crippen LogP contribution in [-0.2, 0) is 4.74 Å². The molecular formula is C11H19ClN4O. The third kappa shape index (κ3) is 5.72. The summed E-state index contributed by atoms with van der Waals surface area (Å²) in [6.45, 7) is 2.90. The fraction of sp³-hybridized carbons (Fsp3) is 0.545. The Morgan fingerprint density at radius 3 is 2.88 bits per heavy atom. The van der Waals surface area contributed by atoms with Crippen LogP contribution in [0.3, 0.4) is 0 Å². The average molecular weight is 259 g/mol. The molecule has 1 aromatic heterocycles. The van der Waals surface area contributed by atoms with Crippen LogP contribution in [-0.4, -0.2) is 50.3 Å². The van der Waals surface area contributed by atoms with Crippen LogP contribution in [0.2, 0.25) is 5.15 Å². The number of halogens is 1. The maximum absolute atomic E-state index is 5.77. The first-order valence-electron chi connectivity index (χ1n) is 5.48. The third-order valence-electron chi connectivity index (χ3n) is 2.11. The molecule has 6 heteroatoms. The lowest BCUT2D eigenvalue weighted by atomic mass is 10.4. The predicted molar refractivity (Wildman–Crippen MR) is 71.5 cm³/mol. The Morgan fingerprint density at radius 1 is 1.41 bits per heavy atom. The molecule has 0 aliphatic rings. The second kappa shape index (κ2) is 7.32. The molecule has 0 unspecified atom stereocenters. The van der Waals surface area contributed by atoms with E-state index in [4.69, 9.17) is 22.1 Å². The van der Waals surface area contributed by atoms with Gasteiger partial charge in [-0.25, -0.2) is 4.98 Å². The number of ether oxygens (including phenoxy) is 1. The molecule has 0 amide bonds. The lowest BCUT2D eigenvalue weighted by Gasteiger charge is -2.11. The van der Waals surface area contributed by atoms with E-state index < -0.39 is 0 Å². The molecule has 0 radical (unpaired) electrons. The van der Waals surface area contributed by atoms with Crippen LogP contribution >= 0.6 is 11.6 Å². The summed E-state index contributed by atoms with van der Waals surface area (Å²) in [5.74, 6) is 0.605. The van der Waals surface area contributed by atoms with Crippen molar-refractivity contribution in [1.82, 2.24) is 9.88 Å². The Hall–Kier alpha value is -1.04. The first-order chi connectivity index (χ1) is 8.09. The van der Waals surface area contributed by atoms with Crippen LogP contribution in [0.4, 0.5) is 11.5 Å². The smallest absolute Gasteiger partial charge is 0.151 e. The Balaban J connectivity index is 2.20. The van der Waals surface area contributed by atoms with Crippen molar-refractivity contribution in [2.45, 2.75) is 0 Å². The van der Waals surface area contributed by atoms with Gasteiger partial charge in [0.25, 0.3) is 0 Å². The van der Waals surface area contributed by atoms with Gasteiger partial charge in [0.2, 0.25) is 0 Å². The number of nitrogens with zero attached hydrogens (tertiary/aromatic N) is 2. The molecule has 0 atom stereocenters. The van der Waals surface area contributed by atoms with Gasteiger partial charge in [0, 0.05) is 13.1 Å². The molecule has 3 N–H and O–H groups in total. The van der Waals surface area contributed by atoms with Gasteiger partial charge in [-0.05, 0) is 26.2 Å². The van der Waals surface area contributed by atoms with E-state index in [2.05, 4.69) is 15.2 Å². The van der Waals surface area contributed by atoms with Crippen LogP contribution in [0.25, 0.3) is 0 Å². The molecule has 0 fully saturated rings. The summed E-state index contributed by atoms with van der Waals surface area (Å²) < 4.78 is 5.43. The standard InChI is InChI=1S/C11H19ClN4O/c1-16(2)6-8-17-7-5-14-11-9(13)3-4-10(12)15-11/h3-4H,5-8,13H2,1-2H3,(H,14,15). The zero-order valence-electron chi connectivity index (χ0n) is 10.2. The highest BCUT2D eigenvalue weighted by Crippen LogP contribution is 2.17. The van der Waals surface area contributed by atoms with E-state index in [1.54, 1.807) is 12.1 Å². The molecule has 1 rings (SSSR count). The van der Waals surface area contributed by atoms with E-state index in [0.717, 1.165) is 6.54 Å². The van der Waals surface area contributed by atoms with Crippen LogP contribution in [0.15, 0.2) is 12.1 Å². The van der Waals surface area contributed by atoms with Gasteiger partial charge in [0.15, 0.2) is 5.82 Å². The molecule has 17 heavy (non-hydrogen) atoms. The normalized spacial score (nSPS) is 10.8. The summed E-state index contributed by atoms with van der Waals surface area (Å²) in [4.78, 5) is 6.16. The van der Waals surface area contributed by atoms with Gasteiger partial charge in [0.1, 0.15) is 5.15 Å². The number of aromatic nitrogens is 1. The predicted octanol–water partition coefficient (Wildman–Crippen LogP) is 1.31. The van der Waals surface area contributed by atoms with Crippen molar-refractivity contribution in [3.05, 3.63) is 17.3 Å². The second-order valence-corrected chi connectivity index (χ2v) is 4.30. The Morgan fingerprint density at radius 2 is 2.18 bits per heavy atom. The summed E-state index contributed by atoms with van der Waals surface area (Å²) in [7, 11) is 4.02. The Kier molecular flexibility index (Phi) is 6.04. The highest BCUT2D eigenvalue weighted by atomic mass is 35.5. The molecule has 0 saturated heterocycles. The molecule has 0 aliphatic heterocycles. The second-order valence-electron chi connectivity index (χ2n) is 3.91. The zero-order valence-corrected chi connectivity index (χ0v) is 11.0. The first kappa shape index (κ1) is 14.0. The maximum Gasteiger partial charge on any atom is 0.151 e.